The Morgan fingerprint density at radius 1 is 1.04 bits per heavy atom. The summed E-state index contributed by atoms with van der Waals surface area (Å²) in [6, 6.07) is 22.5. The van der Waals surface area contributed by atoms with Crippen LogP contribution >= 0.6 is 0 Å². The van der Waals surface area contributed by atoms with Crippen LogP contribution in [0.4, 0.5) is 11.4 Å². The largest absolute Gasteiger partial charge is 0.482 e. The first-order valence-electron chi connectivity index (χ1n) is 9.09. The van der Waals surface area contributed by atoms with E-state index in [1.165, 1.54) is 0 Å². The lowest BCUT2D eigenvalue weighted by molar-refractivity contribution is -0.121. The quantitative estimate of drug-likeness (QED) is 0.748. The molecule has 0 aliphatic carbocycles. The minimum atomic E-state index is -0.193. The number of hydrogen-bond acceptors (Lipinski definition) is 3. The van der Waals surface area contributed by atoms with Gasteiger partial charge in [-0.2, -0.15) is 0 Å². The third-order valence-electron chi connectivity index (χ3n) is 4.62. The van der Waals surface area contributed by atoms with Gasteiger partial charge in [-0.25, -0.2) is 0 Å². The average Bonchev–Trinajstić information content (AvgIpc) is 2.71. The van der Waals surface area contributed by atoms with Gasteiger partial charge >= 0.3 is 0 Å². The Bertz CT molecular complexity index is 1030. The summed E-state index contributed by atoms with van der Waals surface area (Å²) in [7, 11) is 0. The monoisotopic (exact) mass is 372 g/mol. The molecular formula is C23H20N2O3. The molecule has 0 spiro atoms. The van der Waals surface area contributed by atoms with Crippen molar-refractivity contribution in [3.8, 4) is 5.75 Å². The van der Waals surface area contributed by atoms with Gasteiger partial charge in [0.2, 0.25) is 0 Å². The summed E-state index contributed by atoms with van der Waals surface area (Å²) in [4.78, 5) is 26.7. The molecule has 4 rings (SSSR count). The van der Waals surface area contributed by atoms with Gasteiger partial charge in [-0.3, -0.25) is 9.59 Å². The second kappa shape index (κ2) is 7.56. The van der Waals surface area contributed by atoms with E-state index in [1.807, 2.05) is 55.5 Å². The normalized spacial score (nSPS) is 12.9. The molecule has 3 aromatic rings. The van der Waals surface area contributed by atoms with Gasteiger partial charge in [0, 0.05) is 11.3 Å². The van der Waals surface area contributed by atoms with Gasteiger partial charge in [0.1, 0.15) is 5.75 Å². The van der Waals surface area contributed by atoms with Crippen molar-refractivity contribution < 1.29 is 14.3 Å². The molecule has 0 atom stereocenters. The van der Waals surface area contributed by atoms with Gasteiger partial charge < -0.3 is 15.0 Å². The van der Waals surface area contributed by atoms with Crippen molar-refractivity contribution in [2.45, 2.75) is 13.5 Å². The highest BCUT2D eigenvalue weighted by Gasteiger charge is 2.26. The highest BCUT2D eigenvalue weighted by Crippen LogP contribution is 2.35. The number of anilines is 2. The van der Waals surface area contributed by atoms with Crippen LogP contribution in [0.5, 0.6) is 5.75 Å². The van der Waals surface area contributed by atoms with Gasteiger partial charge in [-0.05, 0) is 42.8 Å². The van der Waals surface area contributed by atoms with E-state index in [9.17, 15) is 9.59 Å². The molecule has 0 radical (unpaired) electrons. The van der Waals surface area contributed by atoms with Crippen LogP contribution in [0.1, 0.15) is 21.5 Å². The van der Waals surface area contributed by atoms with Crippen molar-refractivity contribution in [3.63, 3.8) is 0 Å². The van der Waals surface area contributed by atoms with Gasteiger partial charge in [0.15, 0.2) is 6.61 Å². The van der Waals surface area contributed by atoms with Crippen molar-refractivity contribution in [2.75, 3.05) is 16.8 Å². The Morgan fingerprint density at radius 2 is 1.86 bits per heavy atom. The molecule has 2 amide bonds. The molecule has 0 aromatic heterocycles. The highest BCUT2D eigenvalue weighted by molar-refractivity contribution is 6.05. The zero-order valence-corrected chi connectivity index (χ0v) is 15.5. The van der Waals surface area contributed by atoms with E-state index in [-0.39, 0.29) is 18.4 Å². The molecule has 0 saturated carbocycles. The minimum Gasteiger partial charge on any atom is -0.482 e. The van der Waals surface area contributed by atoms with Crippen LogP contribution < -0.4 is 15.0 Å². The smallest absolute Gasteiger partial charge is 0.265 e. The molecule has 5 nitrogen and oxygen atoms in total. The first-order chi connectivity index (χ1) is 13.6. The Balaban J connectivity index is 1.60. The van der Waals surface area contributed by atoms with Crippen LogP contribution in [-0.2, 0) is 11.3 Å². The third-order valence-corrected chi connectivity index (χ3v) is 4.62. The Morgan fingerprint density at radius 3 is 2.64 bits per heavy atom. The van der Waals surface area contributed by atoms with E-state index < -0.39 is 0 Å². The van der Waals surface area contributed by atoms with E-state index in [0.717, 1.165) is 11.1 Å². The molecule has 0 unspecified atom stereocenters. The van der Waals surface area contributed by atoms with Gasteiger partial charge in [-0.1, -0.05) is 48.0 Å². The lowest BCUT2D eigenvalue weighted by atomic mass is 10.1. The number of ether oxygens (including phenoxy) is 1. The third kappa shape index (κ3) is 3.74. The van der Waals surface area contributed by atoms with Crippen molar-refractivity contribution in [1.29, 1.82) is 0 Å². The Hall–Kier alpha value is -3.60. The molecule has 0 bridgehead atoms. The number of fused-ring (bicyclic) bond motifs is 1. The number of nitrogens with zero attached hydrogens (tertiary/aromatic N) is 1. The molecule has 28 heavy (non-hydrogen) atoms. The molecule has 140 valence electrons. The van der Waals surface area contributed by atoms with Crippen LogP contribution in [0.2, 0.25) is 0 Å². The molecule has 5 heteroatoms. The van der Waals surface area contributed by atoms with Gasteiger partial charge in [0.25, 0.3) is 11.8 Å². The van der Waals surface area contributed by atoms with E-state index >= 15 is 0 Å². The number of nitrogens with one attached hydrogen (secondary N) is 1. The SMILES string of the molecule is Cc1cccc(C(=O)Nc2ccc3c(c2)N(Cc2ccccc2)C(=O)CO3)c1. The number of benzene rings is 3. The number of hydrogen-bond donors (Lipinski definition) is 1. The summed E-state index contributed by atoms with van der Waals surface area (Å²) in [6.45, 7) is 2.40. The fourth-order valence-corrected chi connectivity index (χ4v) is 3.21. The second-order valence-electron chi connectivity index (χ2n) is 6.76. The van der Waals surface area contributed by atoms with E-state index in [1.54, 1.807) is 29.2 Å². The van der Waals surface area contributed by atoms with E-state index in [2.05, 4.69) is 5.32 Å². The summed E-state index contributed by atoms with van der Waals surface area (Å²) in [5, 5.41) is 2.90. The summed E-state index contributed by atoms with van der Waals surface area (Å²) in [5.74, 6) is 0.323. The second-order valence-corrected chi connectivity index (χ2v) is 6.76. The minimum absolute atomic E-state index is 0.00876. The van der Waals surface area contributed by atoms with Crippen LogP contribution in [0, 0.1) is 6.92 Å². The van der Waals surface area contributed by atoms with Crippen molar-refractivity contribution in [1.82, 2.24) is 0 Å². The van der Waals surface area contributed by atoms with Crippen molar-refractivity contribution >= 4 is 23.2 Å². The maximum atomic E-state index is 12.5. The number of carbonyl (C=O) groups is 2. The zero-order chi connectivity index (χ0) is 19.5. The Kier molecular flexibility index (Phi) is 4.81. The molecule has 1 aliphatic rings. The number of amides is 2. The maximum Gasteiger partial charge on any atom is 0.265 e. The predicted octanol–water partition coefficient (Wildman–Crippen LogP) is 4.17. The lowest BCUT2D eigenvalue weighted by Gasteiger charge is -2.30. The van der Waals surface area contributed by atoms with Crippen LogP contribution in [-0.4, -0.2) is 18.4 Å². The molecule has 3 aromatic carbocycles. The molecule has 0 saturated heterocycles. The number of aryl methyl sites for hydroxylation is 1. The Labute approximate surface area is 163 Å². The molecule has 1 N–H and O–H groups in total. The number of carbonyl (C=O) groups excluding carboxylic acids is 2. The maximum absolute atomic E-state index is 12.5. The predicted molar refractivity (Wildman–Crippen MR) is 109 cm³/mol. The average molecular weight is 372 g/mol. The van der Waals surface area contributed by atoms with E-state index in [4.69, 9.17) is 4.74 Å². The fourth-order valence-electron chi connectivity index (χ4n) is 3.21. The number of rotatable bonds is 4. The molecule has 1 aliphatic heterocycles. The highest BCUT2D eigenvalue weighted by atomic mass is 16.5. The molecule has 0 fully saturated rings. The van der Waals surface area contributed by atoms with Crippen molar-refractivity contribution in [2.24, 2.45) is 0 Å². The first kappa shape index (κ1) is 17.8. The topological polar surface area (TPSA) is 58.6 Å². The van der Waals surface area contributed by atoms with Gasteiger partial charge in [0.05, 0.1) is 12.2 Å². The van der Waals surface area contributed by atoms with Gasteiger partial charge in [-0.15, -0.1) is 0 Å². The summed E-state index contributed by atoms with van der Waals surface area (Å²) in [6.07, 6.45) is 0. The van der Waals surface area contributed by atoms with Crippen LogP contribution in [0.3, 0.4) is 0 Å². The van der Waals surface area contributed by atoms with Crippen LogP contribution in [0.15, 0.2) is 72.8 Å². The summed E-state index contributed by atoms with van der Waals surface area (Å²) >= 11 is 0. The van der Waals surface area contributed by atoms with Crippen molar-refractivity contribution in [3.05, 3.63) is 89.5 Å². The van der Waals surface area contributed by atoms with E-state index in [0.29, 0.717) is 29.2 Å². The van der Waals surface area contributed by atoms with Crippen LogP contribution in [0.25, 0.3) is 0 Å². The summed E-state index contributed by atoms with van der Waals surface area (Å²) in [5.41, 5.74) is 3.90. The molecular weight excluding hydrogens is 352 g/mol. The first-order valence-corrected chi connectivity index (χ1v) is 9.09. The molecule has 1 heterocycles. The zero-order valence-electron chi connectivity index (χ0n) is 15.5. The fraction of sp³-hybridized carbons (Fsp3) is 0.130. The standard InChI is InChI=1S/C23H20N2O3/c1-16-6-5-9-18(12-16)23(27)24-19-10-11-21-20(13-19)25(22(26)15-28-21)14-17-7-3-2-4-8-17/h2-13H,14-15H2,1H3,(H,24,27). The lowest BCUT2D eigenvalue weighted by Crippen LogP contribution is -2.38. The summed E-state index contributed by atoms with van der Waals surface area (Å²) < 4.78 is 5.56.